The molecule has 3 rings (SSSR count). The van der Waals surface area contributed by atoms with Gasteiger partial charge in [-0.05, 0) is 56.1 Å². The molecule has 0 aliphatic carbocycles. The maximum atomic E-state index is 6.01. The average molecular weight is 323 g/mol. The van der Waals surface area contributed by atoms with E-state index in [2.05, 4.69) is 29.8 Å². The van der Waals surface area contributed by atoms with Gasteiger partial charge >= 0.3 is 0 Å². The Hall–Kier alpha value is -1.47. The number of rotatable bonds is 3. The Morgan fingerprint density at radius 2 is 1.57 bits per heavy atom. The second kappa shape index (κ2) is 6.11. The molecule has 1 aliphatic heterocycles. The van der Waals surface area contributed by atoms with Gasteiger partial charge in [-0.2, -0.15) is 15.0 Å². The van der Waals surface area contributed by atoms with Crippen molar-refractivity contribution >= 4 is 29.3 Å². The summed E-state index contributed by atoms with van der Waals surface area (Å²) in [7, 11) is 0. The van der Waals surface area contributed by atoms with Crippen molar-refractivity contribution in [2.24, 2.45) is 0 Å². The van der Waals surface area contributed by atoms with Gasteiger partial charge in [0.15, 0.2) is 5.16 Å². The molecule has 0 atom stereocenters. The van der Waals surface area contributed by atoms with Crippen molar-refractivity contribution in [3.8, 4) is 0 Å². The molecule has 0 bridgehead atoms. The highest BCUT2D eigenvalue weighted by molar-refractivity contribution is 7.99. The van der Waals surface area contributed by atoms with Crippen molar-refractivity contribution in [2.75, 3.05) is 18.0 Å². The number of aromatic nitrogens is 5. The van der Waals surface area contributed by atoms with E-state index < -0.39 is 0 Å². The molecule has 2 aromatic rings. The van der Waals surface area contributed by atoms with Gasteiger partial charge < -0.3 is 4.90 Å². The second-order valence-corrected chi connectivity index (χ2v) is 6.19. The Morgan fingerprint density at radius 1 is 0.952 bits per heavy atom. The summed E-state index contributed by atoms with van der Waals surface area (Å²) in [5.41, 5.74) is 1.84. The Labute approximate surface area is 132 Å². The van der Waals surface area contributed by atoms with Crippen LogP contribution in [0.25, 0.3) is 0 Å². The van der Waals surface area contributed by atoms with Crippen molar-refractivity contribution in [1.29, 1.82) is 0 Å². The summed E-state index contributed by atoms with van der Waals surface area (Å²) in [6, 6.07) is 1.93. The molecule has 1 fully saturated rings. The van der Waals surface area contributed by atoms with Crippen LogP contribution in [0, 0.1) is 13.8 Å². The minimum atomic E-state index is 0.207. The average Bonchev–Trinajstić information content (AvgIpc) is 2.90. The molecule has 1 aliphatic rings. The van der Waals surface area contributed by atoms with Crippen molar-refractivity contribution in [3.63, 3.8) is 0 Å². The minimum absolute atomic E-state index is 0.207. The molecule has 21 heavy (non-hydrogen) atoms. The van der Waals surface area contributed by atoms with E-state index in [0.717, 1.165) is 37.3 Å². The van der Waals surface area contributed by atoms with Crippen LogP contribution < -0.4 is 4.90 Å². The van der Waals surface area contributed by atoms with Gasteiger partial charge in [-0.15, -0.1) is 0 Å². The van der Waals surface area contributed by atoms with Crippen LogP contribution in [-0.2, 0) is 0 Å². The molecule has 2 aromatic heterocycles. The monoisotopic (exact) mass is 322 g/mol. The molecule has 6 nitrogen and oxygen atoms in total. The van der Waals surface area contributed by atoms with E-state index in [1.807, 2.05) is 19.9 Å². The second-order valence-electron chi connectivity index (χ2n) is 4.92. The molecule has 0 aromatic carbocycles. The first kappa shape index (κ1) is 14.5. The Kier molecular flexibility index (Phi) is 4.21. The molecule has 0 spiro atoms. The number of anilines is 1. The maximum absolute atomic E-state index is 6.01. The number of hydrogen-bond donors (Lipinski definition) is 0. The fourth-order valence-corrected chi connectivity index (χ4v) is 3.25. The lowest BCUT2D eigenvalue weighted by molar-refractivity contribution is 0.820. The van der Waals surface area contributed by atoms with Crippen LogP contribution in [-0.4, -0.2) is 38.0 Å². The van der Waals surface area contributed by atoms with Crippen LogP contribution >= 0.6 is 23.4 Å². The number of nitrogens with zero attached hydrogens (tertiary/aromatic N) is 6. The smallest absolute Gasteiger partial charge is 0.230 e. The quantitative estimate of drug-likeness (QED) is 0.805. The summed E-state index contributed by atoms with van der Waals surface area (Å²) in [4.78, 5) is 23.7. The van der Waals surface area contributed by atoms with Crippen molar-refractivity contribution in [3.05, 3.63) is 22.7 Å². The Bertz CT molecular complexity index is 639. The third-order valence-electron chi connectivity index (χ3n) is 3.11. The summed E-state index contributed by atoms with van der Waals surface area (Å²) in [6.07, 6.45) is 2.32. The molecule has 0 N–H and O–H groups in total. The van der Waals surface area contributed by atoms with Gasteiger partial charge in [0.05, 0.1) is 0 Å². The fourth-order valence-electron chi connectivity index (χ4n) is 2.25. The van der Waals surface area contributed by atoms with Crippen LogP contribution in [0.1, 0.15) is 24.2 Å². The highest BCUT2D eigenvalue weighted by Gasteiger charge is 2.17. The zero-order valence-corrected chi connectivity index (χ0v) is 13.4. The zero-order valence-electron chi connectivity index (χ0n) is 11.9. The first-order chi connectivity index (χ1) is 10.1. The number of aryl methyl sites for hydroxylation is 2. The van der Waals surface area contributed by atoms with Gasteiger partial charge in [-0.1, -0.05) is 0 Å². The van der Waals surface area contributed by atoms with Gasteiger partial charge in [0.2, 0.25) is 16.4 Å². The van der Waals surface area contributed by atoms with Crippen LogP contribution in [0.15, 0.2) is 16.4 Å². The predicted octanol–water partition coefficient (Wildman–Crippen LogP) is 2.68. The summed E-state index contributed by atoms with van der Waals surface area (Å²) in [6.45, 7) is 5.80. The third-order valence-corrected chi connectivity index (χ3v) is 4.01. The van der Waals surface area contributed by atoms with E-state index >= 15 is 0 Å². The molecule has 0 amide bonds. The SMILES string of the molecule is Cc1cc(C)nc(Sc2nc(Cl)nc(N3CCCC3)n2)n1. The predicted molar refractivity (Wildman–Crippen MR) is 81.9 cm³/mol. The molecular weight excluding hydrogens is 308 g/mol. The number of hydrogen-bond acceptors (Lipinski definition) is 7. The fraction of sp³-hybridized carbons (Fsp3) is 0.462. The van der Waals surface area contributed by atoms with Gasteiger partial charge in [0, 0.05) is 24.5 Å². The van der Waals surface area contributed by atoms with Crippen molar-refractivity contribution in [1.82, 2.24) is 24.9 Å². The molecule has 0 unspecified atom stereocenters. The van der Waals surface area contributed by atoms with E-state index in [4.69, 9.17) is 11.6 Å². The standard InChI is InChI=1S/C13H15ClN6S/c1-8-7-9(2)16-12(15-8)21-13-18-10(14)17-11(19-13)20-5-3-4-6-20/h7H,3-6H2,1-2H3. The lowest BCUT2D eigenvalue weighted by Gasteiger charge is -2.15. The molecule has 1 saturated heterocycles. The Morgan fingerprint density at radius 3 is 2.24 bits per heavy atom. The largest absolute Gasteiger partial charge is 0.341 e. The topological polar surface area (TPSA) is 67.7 Å². The van der Waals surface area contributed by atoms with E-state index in [1.54, 1.807) is 0 Å². The van der Waals surface area contributed by atoms with Crippen molar-refractivity contribution in [2.45, 2.75) is 37.0 Å². The van der Waals surface area contributed by atoms with Gasteiger partial charge in [0.1, 0.15) is 0 Å². The van der Waals surface area contributed by atoms with E-state index in [-0.39, 0.29) is 5.28 Å². The zero-order chi connectivity index (χ0) is 14.8. The summed E-state index contributed by atoms with van der Waals surface area (Å²) in [5, 5.41) is 1.36. The molecular formula is C13H15ClN6S. The Balaban J connectivity index is 1.87. The first-order valence-corrected chi connectivity index (χ1v) is 7.96. The molecule has 110 valence electrons. The van der Waals surface area contributed by atoms with Gasteiger partial charge in [0.25, 0.3) is 0 Å². The van der Waals surface area contributed by atoms with Crippen molar-refractivity contribution < 1.29 is 0 Å². The van der Waals surface area contributed by atoms with E-state index in [9.17, 15) is 0 Å². The van der Waals surface area contributed by atoms with Crippen LogP contribution in [0.3, 0.4) is 0 Å². The van der Waals surface area contributed by atoms with Gasteiger partial charge in [-0.3, -0.25) is 0 Å². The third kappa shape index (κ3) is 3.59. The first-order valence-electron chi connectivity index (χ1n) is 6.77. The van der Waals surface area contributed by atoms with Gasteiger partial charge in [-0.25, -0.2) is 9.97 Å². The summed E-state index contributed by atoms with van der Waals surface area (Å²) >= 11 is 7.32. The van der Waals surface area contributed by atoms with E-state index in [1.165, 1.54) is 11.8 Å². The minimum Gasteiger partial charge on any atom is -0.341 e. The summed E-state index contributed by atoms with van der Waals surface area (Å²) < 4.78 is 0. The summed E-state index contributed by atoms with van der Waals surface area (Å²) in [5.74, 6) is 0.638. The lowest BCUT2D eigenvalue weighted by atomic mass is 10.4. The lowest BCUT2D eigenvalue weighted by Crippen LogP contribution is -2.21. The number of halogens is 1. The van der Waals surface area contributed by atoms with Crippen LogP contribution in [0.4, 0.5) is 5.95 Å². The highest BCUT2D eigenvalue weighted by atomic mass is 35.5. The molecule has 3 heterocycles. The van der Waals surface area contributed by atoms with E-state index in [0.29, 0.717) is 16.3 Å². The molecule has 8 heteroatoms. The normalized spacial score (nSPS) is 14.7. The highest BCUT2D eigenvalue weighted by Crippen LogP contribution is 2.25. The molecule has 0 radical (unpaired) electrons. The molecule has 0 saturated carbocycles. The van der Waals surface area contributed by atoms with Crippen LogP contribution in [0.2, 0.25) is 5.28 Å². The maximum Gasteiger partial charge on any atom is 0.230 e. The van der Waals surface area contributed by atoms with Crippen LogP contribution in [0.5, 0.6) is 0 Å².